The minimum absolute atomic E-state index is 0.425. The van der Waals surface area contributed by atoms with Crippen LogP contribution in [0.1, 0.15) is 53.4 Å². The highest BCUT2D eigenvalue weighted by Gasteiger charge is 2.34. The molecule has 0 aromatic rings. The molecule has 18 heteroatoms. The molecule has 0 saturated heterocycles. The normalized spacial score (nSPS) is 15.0. The fourth-order valence-electron chi connectivity index (χ4n) is 3.62. The number of carboxylic acids is 3. The first-order valence-electron chi connectivity index (χ1n) is 13.5. The average Bonchev–Trinajstić information content (AvgIpc) is 2.92. The lowest BCUT2D eigenvalue weighted by Crippen LogP contribution is -2.60. The molecule has 0 heterocycles. The van der Waals surface area contributed by atoms with E-state index >= 15 is 0 Å². The van der Waals surface area contributed by atoms with Crippen molar-refractivity contribution in [3.8, 4) is 0 Å². The fourth-order valence-corrected chi connectivity index (χ4v) is 3.62. The Morgan fingerprint density at radius 2 is 1.19 bits per heavy atom. The van der Waals surface area contributed by atoms with Crippen molar-refractivity contribution in [2.75, 3.05) is 13.2 Å². The maximum atomic E-state index is 13.0. The number of amides is 5. The lowest BCUT2D eigenvalue weighted by Gasteiger charge is -2.27. The van der Waals surface area contributed by atoms with Crippen LogP contribution in [-0.2, 0) is 38.4 Å². The molecule has 11 N–H and O–H groups in total. The molecule has 0 aliphatic carbocycles. The summed E-state index contributed by atoms with van der Waals surface area (Å²) in [6, 6.07) is -7.73. The zero-order valence-electron chi connectivity index (χ0n) is 24.4. The topological polar surface area (TPSA) is 304 Å². The molecule has 18 nitrogen and oxygen atoms in total. The van der Waals surface area contributed by atoms with Crippen LogP contribution in [0.4, 0.5) is 0 Å². The van der Waals surface area contributed by atoms with Crippen molar-refractivity contribution >= 4 is 47.4 Å². The van der Waals surface area contributed by atoms with Gasteiger partial charge in [0.25, 0.3) is 0 Å². The molecule has 0 radical (unpaired) electrons. The fraction of sp³-hybridized carbons (Fsp3) is 0.680. The minimum Gasteiger partial charge on any atom is -0.481 e. The summed E-state index contributed by atoms with van der Waals surface area (Å²) in [5, 5.41) is 48.4. The van der Waals surface area contributed by atoms with Gasteiger partial charge >= 0.3 is 17.9 Å². The van der Waals surface area contributed by atoms with Crippen LogP contribution in [0.2, 0.25) is 0 Å². The quantitative estimate of drug-likeness (QED) is 0.0634. The molecule has 0 fully saturated rings. The zero-order chi connectivity index (χ0) is 33.4. The highest BCUT2D eigenvalue weighted by molar-refractivity contribution is 5.97. The van der Waals surface area contributed by atoms with Crippen molar-refractivity contribution in [1.29, 1.82) is 0 Å². The maximum Gasteiger partial charge on any atom is 0.326 e. The summed E-state index contributed by atoms with van der Waals surface area (Å²) < 4.78 is 0. The second kappa shape index (κ2) is 19.0. The molecule has 0 bridgehead atoms. The first kappa shape index (κ1) is 38.7. The van der Waals surface area contributed by atoms with Gasteiger partial charge in [-0.1, -0.05) is 34.1 Å². The molecule has 0 aromatic heterocycles. The molecular formula is C25H42N6O12. The van der Waals surface area contributed by atoms with Gasteiger partial charge in [-0.3, -0.25) is 33.6 Å². The predicted molar refractivity (Wildman–Crippen MR) is 147 cm³/mol. The van der Waals surface area contributed by atoms with Gasteiger partial charge in [-0.15, -0.1) is 0 Å². The van der Waals surface area contributed by atoms with Gasteiger partial charge in [-0.05, 0) is 18.3 Å². The Bertz CT molecular complexity index is 1040. The second-order valence-electron chi connectivity index (χ2n) is 10.1. The van der Waals surface area contributed by atoms with Crippen LogP contribution >= 0.6 is 0 Å². The van der Waals surface area contributed by atoms with Gasteiger partial charge in [0.15, 0.2) is 0 Å². The Hall–Kier alpha value is -4.32. The summed E-state index contributed by atoms with van der Waals surface area (Å²) in [5.74, 6) is -10.3. The van der Waals surface area contributed by atoms with E-state index in [1.54, 1.807) is 13.8 Å². The molecule has 0 unspecified atom stereocenters. The van der Waals surface area contributed by atoms with Crippen LogP contribution < -0.4 is 32.3 Å². The summed E-state index contributed by atoms with van der Waals surface area (Å²) in [7, 11) is 0. The van der Waals surface area contributed by atoms with Crippen LogP contribution in [0.3, 0.4) is 0 Å². The van der Waals surface area contributed by atoms with Gasteiger partial charge < -0.3 is 52.7 Å². The summed E-state index contributed by atoms with van der Waals surface area (Å²) in [6.45, 7) is 4.86. The molecule has 0 spiro atoms. The number of nitrogens with one attached hydrogen (secondary N) is 5. The van der Waals surface area contributed by atoms with E-state index in [1.807, 2.05) is 5.32 Å². The van der Waals surface area contributed by atoms with Crippen LogP contribution in [0.25, 0.3) is 0 Å². The molecule has 0 aliphatic heterocycles. The third-order valence-corrected chi connectivity index (χ3v) is 6.33. The van der Waals surface area contributed by atoms with Crippen LogP contribution in [0.5, 0.6) is 0 Å². The molecule has 0 aromatic carbocycles. The number of carbonyl (C=O) groups excluding carboxylic acids is 5. The molecule has 5 amide bonds. The molecule has 244 valence electrons. The van der Waals surface area contributed by atoms with Crippen LogP contribution in [0, 0.1) is 11.8 Å². The maximum absolute atomic E-state index is 13.0. The van der Waals surface area contributed by atoms with E-state index < -0.39 is 122 Å². The van der Waals surface area contributed by atoms with E-state index in [2.05, 4.69) is 21.3 Å². The van der Waals surface area contributed by atoms with Crippen molar-refractivity contribution in [2.45, 2.75) is 83.6 Å². The zero-order valence-corrected chi connectivity index (χ0v) is 24.4. The van der Waals surface area contributed by atoms with Crippen molar-refractivity contribution < 1.29 is 58.8 Å². The number of nitrogens with two attached hydrogens (primary N) is 1. The van der Waals surface area contributed by atoms with E-state index in [1.165, 1.54) is 13.8 Å². The third kappa shape index (κ3) is 13.9. The van der Waals surface area contributed by atoms with Gasteiger partial charge in [0.05, 0.1) is 19.6 Å². The Morgan fingerprint density at radius 3 is 1.63 bits per heavy atom. The smallest absolute Gasteiger partial charge is 0.326 e. The molecular weight excluding hydrogens is 576 g/mol. The summed E-state index contributed by atoms with van der Waals surface area (Å²) in [5.41, 5.74) is 5.30. The van der Waals surface area contributed by atoms with Gasteiger partial charge in [-0.25, -0.2) is 4.79 Å². The van der Waals surface area contributed by atoms with E-state index in [4.69, 9.17) is 10.8 Å². The lowest BCUT2D eigenvalue weighted by molar-refractivity contribution is -0.145. The number of carboxylic acid groups (broad SMARTS) is 3. The number of hydrogen-bond acceptors (Lipinski definition) is 10. The highest BCUT2D eigenvalue weighted by Crippen LogP contribution is 2.10. The first-order valence-corrected chi connectivity index (χ1v) is 13.5. The highest BCUT2D eigenvalue weighted by atomic mass is 16.4. The van der Waals surface area contributed by atoms with Gasteiger partial charge in [0.2, 0.25) is 29.5 Å². The number of aliphatic carboxylic acids is 3. The number of aliphatic hydroxyl groups is 1. The van der Waals surface area contributed by atoms with Crippen LogP contribution in [-0.4, -0.2) is 111 Å². The van der Waals surface area contributed by atoms with Crippen molar-refractivity contribution in [3.63, 3.8) is 0 Å². The predicted octanol–water partition coefficient (Wildman–Crippen LogP) is -3.51. The van der Waals surface area contributed by atoms with E-state index in [-0.39, 0.29) is 0 Å². The SMILES string of the molecule is CC[C@H](C)[C@H](NC(=O)CN)C(=O)N[C@@H](CCC(=O)O)C(=O)N[C@@H](CO)C(=O)N[C@@H](CC(=O)O)C(=O)N[C@H](C(=O)O)C(C)C. The summed E-state index contributed by atoms with van der Waals surface area (Å²) in [4.78, 5) is 97.2. The second-order valence-corrected chi connectivity index (χ2v) is 10.1. The van der Waals surface area contributed by atoms with Gasteiger partial charge in [0.1, 0.15) is 30.2 Å². The van der Waals surface area contributed by atoms with E-state index in [0.717, 1.165) is 0 Å². The molecule has 43 heavy (non-hydrogen) atoms. The molecule has 0 saturated carbocycles. The molecule has 0 rings (SSSR count). The number of carbonyl (C=O) groups is 8. The van der Waals surface area contributed by atoms with Crippen molar-refractivity contribution in [3.05, 3.63) is 0 Å². The van der Waals surface area contributed by atoms with E-state index in [9.17, 15) is 53.7 Å². The van der Waals surface area contributed by atoms with Crippen molar-refractivity contribution in [2.24, 2.45) is 17.6 Å². The lowest BCUT2D eigenvalue weighted by atomic mass is 9.97. The number of hydrogen-bond donors (Lipinski definition) is 10. The third-order valence-electron chi connectivity index (χ3n) is 6.33. The van der Waals surface area contributed by atoms with Gasteiger partial charge in [-0.2, -0.15) is 0 Å². The Balaban J connectivity index is 5.90. The Kier molecular flexibility index (Phi) is 17.1. The Morgan fingerprint density at radius 1 is 0.674 bits per heavy atom. The summed E-state index contributed by atoms with van der Waals surface area (Å²) in [6.07, 6.45) is -1.60. The van der Waals surface area contributed by atoms with E-state index in [0.29, 0.717) is 6.42 Å². The average molecular weight is 619 g/mol. The summed E-state index contributed by atoms with van der Waals surface area (Å²) >= 11 is 0. The number of rotatable bonds is 20. The molecule has 6 atom stereocenters. The largest absolute Gasteiger partial charge is 0.481 e. The van der Waals surface area contributed by atoms with Crippen molar-refractivity contribution in [1.82, 2.24) is 26.6 Å². The minimum atomic E-state index is -1.80. The molecule has 0 aliphatic rings. The van der Waals surface area contributed by atoms with Crippen LogP contribution in [0.15, 0.2) is 0 Å². The standard InChI is InChI=1S/C25H42N6O12/c1-5-12(4)20(30-16(33)9-26)24(41)27-13(6-7-17(34)35)21(38)29-15(10-32)23(40)28-14(8-18(36)37)22(39)31-19(11(2)3)25(42)43/h11-15,19-20,32H,5-10,26H2,1-4H3,(H,27,41)(H,28,40)(H,29,38)(H,30,33)(H,31,39)(H,34,35)(H,36,37)(H,42,43)/t12-,13-,14-,15-,19-,20-/m0/s1. The first-order chi connectivity index (χ1) is 20.0. The van der Waals surface area contributed by atoms with Gasteiger partial charge in [0, 0.05) is 6.42 Å². The Labute approximate surface area is 247 Å². The monoisotopic (exact) mass is 618 g/mol. The number of aliphatic hydroxyl groups excluding tert-OH is 1.